The van der Waals surface area contributed by atoms with Crippen molar-refractivity contribution in [3.63, 3.8) is 0 Å². The molecule has 3 aromatic rings. The Kier molecular flexibility index (Phi) is 4.18. The fraction of sp³-hybridized carbons (Fsp3) is 0.158. The van der Waals surface area contributed by atoms with Crippen molar-refractivity contribution in [3.8, 4) is 0 Å². The molecule has 0 aliphatic heterocycles. The van der Waals surface area contributed by atoms with Crippen molar-refractivity contribution in [2.45, 2.75) is 18.8 Å². The van der Waals surface area contributed by atoms with Gasteiger partial charge in [0.15, 0.2) is 5.69 Å². The number of amides is 2. The number of rotatable bonds is 5. The maximum Gasteiger partial charge on any atom is 0.277 e. The van der Waals surface area contributed by atoms with Crippen LogP contribution in [0, 0.1) is 0 Å². The van der Waals surface area contributed by atoms with Gasteiger partial charge in [-0.25, -0.2) is 0 Å². The molecule has 0 bridgehead atoms. The number of nitrogens with zero attached hydrogens (tertiary/aromatic N) is 2. The molecule has 1 fully saturated rings. The first-order valence-corrected chi connectivity index (χ1v) is 8.28. The van der Waals surface area contributed by atoms with Gasteiger partial charge in [-0.1, -0.05) is 5.16 Å². The fourth-order valence-electron chi connectivity index (χ4n) is 2.50. The van der Waals surface area contributed by atoms with E-state index in [1.54, 1.807) is 54.9 Å². The normalized spacial score (nSPS) is 13.2. The highest BCUT2D eigenvalue weighted by molar-refractivity contribution is 6.05. The van der Waals surface area contributed by atoms with Crippen molar-refractivity contribution in [2.24, 2.45) is 0 Å². The highest BCUT2D eigenvalue weighted by atomic mass is 16.5. The Balaban J connectivity index is 1.38. The van der Waals surface area contributed by atoms with Crippen LogP contribution in [-0.4, -0.2) is 22.0 Å². The summed E-state index contributed by atoms with van der Waals surface area (Å²) >= 11 is 0. The van der Waals surface area contributed by atoms with E-state index in [9.17, 15) is 9.59 Å². The summed E-state index contributed by atoms with van der Waals surface area (Å²) in [6, 6.07) is 11.8. The zero-order chi connectivity index (χ0) is 17.9. The molecule has 0 unspecified atom stereocenters. The molecule has 2 amide bonds. The zero-order valence-electron chi connectivity index (χ0n) is 13.8. The van der Waals surface area contributed by atoms with Crippen LogP contribution in [0.5, 0.6) is 0 Å². The standard InChI is InChI=1S/C19H16N4O3/c24-18(22-15-2-1-9-20-11-15)13-5-7-14(8-6-13)21-19(25)16-10-17(26-23-16)12-3-4-12/h1-2,5-12H,3-4H2,(H,21,25)(H,22,24). The number of hydrogen-bond acceptors (Lipinski definition) is 5. The monoisotopic (exact) mass is 348 g/mol. The summed E-state index contributed by atoms with van der Waals surface area (Å²) in [5.74, 6) is 0.578. The van der Waals surface area contributed by atoms with Gasteiger partial charge in [-0.15, -0.1) is 0 Å². The second-order valence-corrected chi connectivity index (χ2v) is 6.12. The minimum Gasteiger partial charge on any atom is -0.360 e. The van der Waals surface area contributed by atoms with Crippen molar-refractivity contribution in [2.75, 3.05) is 10.6 Å². The van der Waals surface area contributed by atoms with E-state index in [-0.39, 0.29) is 17.5 Å². The van der Waals surface area contributed by atoms with Crippen LogP contribution >= 0.6 is 0 Å². The molecule has 7 heteroatoms. The van der Waals surface area contributed by atoms with Crippen LogP contribution in [0.15, 0.2) is 59.4 Å². The Labute approximate surface area is 149 Å². The molecule has 1 aliphatic carbocycles. The van der Waals surface area contributed by atoms with Gasteiger partial charge in [-0.2, -0.15) is 0 Å². The molecule has 26 heavy (non-hydrogen) atoms. The average Bonchev–Trinajstić information content (AvgIpc) is 3.39. The average molecular weight is 348 g/mol. The Bertz CT molecular complexity index is 931. The molecule has 0 atom stereocenters. The van der Waals surface area contributed by atoms with Crippen molar-refractivity contribution in [1.82, 2.24) is 10.1 Å². The summed E-state index contributed by atoms with van der Waals surface area (Å²) in [4.78, 5) is 28.4. The Hall–Kier alpha value is -3.48. The van der Waals surface area contributed by atoms with E-state index in [0.29, 0.717) is 22.9 Å². The van der Waals surface area contributed by atoms with Crippen molar-refractivity contribution >= 4 is 23.2 Å². The molecule has 2 aromatic heterocycles. The molecular formula is C19H16N4O3. The molecule has 1 aliphatic rings. The SMILES string of the molecule is O=C(Nc1cccnc1)c1ccc(NC(=O)c2cc(C3CC3)on2)cc1. The Morgan fingerprint density at radius 2 is 1.77 bits per heavy atom. The largest absolute Gasteiger partial charge is 0.360 e. The van der Waals surface area contributed by atoms with Gasteiger partial charge in [0.05, 0.1) is 11.9 Å². The summed E-state index contributed by atoms with van der Waals surface area (Å²) in [5.41, 5.74) is 1.92. The highest BCUT2D eigenvalue weighted by Gasteiger charge is 2.28. The molecule has 1 saturated carbocycles. The van der Waals surface area contributed by atoms with E-state index < -0.39 is 0 Å². The number of hydrogen-bond donors (Lipinski definition) is 2. The number of pyridine rings is 1. The Morgan fingerprint density at radius 3 is 2.46 bits per heavy atom. The third-order valence-electron chi connectivity index (χ3n) is 4.07. The quantitative estimate of drug-likeness (QED) is 0.736. The molecule has 1 aromatic carbocycles. The van der Waals surface area contributed by atoms with Gasteiger partial charge in [0.2, 0.25) is 0 Å². The van der Waals surface area contributed by atoms with Gasteiger partial charge in [0.1, 0.15) is 5.76 Å². The van der Waals surface area contributed by atoms with Crippen LogP contribution in [-0.2, 0) is 0 Å². The van der Waals surface area contributed by atoms with E-state index >= 15 is 0 Å². The third-order valence-corrected chi connectivity index (χ3v) is 4.07. The minimum absolute atomic E-state index is 0.249. The van der Waals surface area contributed by atoms with Gasteiger partial charge in [0.25, 0.3) is 11.8 Å². The lowest BCUT2D eigenvalue weighted by atomic mass is 10.2. The number of anilines is 2. The van der Waals surface area contributed by atoms with Gasteiger partial charge >= 0.3 is 0 Å². The predicted octanol–water partition coefficient (Wildman–Crippen LogP) is 3.45. The molecule has 0 saturated heterocycles. The second-order valence-electron chi connectivity index (χ2n) is 6.12. The minimum atomic E-state index is -0.340. The first-order chi connectivity index (χ1) is 12.7. The van der Waals surface area contributed by atoms with Crippen LogP contribution in [0.4, 0.5) is 11.4 Å². The lowest BCUT2D eigenvalue weighted by Crippen LogP contribution is -2.14. The number of aromatic nitrogens is 2. The molecule has 2 heterocycles. The lowest BCUT2D eigenvalue weighted by Gasteiger charge is -2.06. The summed E-state index contributed by atoms with van der Waals surface area (Å²) in [7, 11) is 0. The van der Waals surface area contributed by atoms with E-state index in [2.05, 4.69) is 20.8 Å². The van der Waals surface area contributed by atoms with Crippen LogP contribution in [0.1, 0.15) is 45.4 Å². The predicted molar refractivity (Wildman–Crippen MR) is 95.1 cm³/mol. The van der Waals surface area contributed by atoms with Gasteiger partial charge in [-0.05, 0) is 49.2 Å². The van der Waals surface area contributed by atoms with Crippen molar-refractivity contribution in [1.29, 1.82) is 0 Å². The fourth-order valence-corrected chi connectivity index (χ4v) is 2.50. The summed E-state index contributed by atoms with van der Waals surface area (Å²) in [5, 5.41) is 9.30. The van der Waals surface area contributed by atoms with E-state index in [4.69, 9.17) is 4.52 Å². The van der Waals surface area contributed by atoms with E-state index in [1.165, 1.54) is 0 Å². The Morgan fingerprint density at radius 1 is 1.00 bits per heavy atom. The third kappa shape index (κ3) is 3.61. The van der Waals surface area contributed by atoms with Gasteiger partial charge in [-0.3, -0.25) is 14.6 Å². The number of nitrogens with one attached hydrogen (secondary N) is 2. The topological polar surface area (TPSA) is 97.1 Å². The maximum atomic E-state index is 12.2. The molecule has 0 radical (unpaired) electrons. The summed E-state index contributed by atoms with van der Waals surface area (Å²) < 4.78 is 5.19. The summed E-state index contributed by atoms with van der Waals surface area (Å²) in [6.07, 6.45) is 5.37. The molecule has 7 nitrogen and oxygen atoms in total. The number of benzene rings is 1. The first kappa shape index (κ1) is 16.0. The van der Waals surface area contributed by atoms with Gasteiger partial charge < -0.3 is 15.2 Å². The molecule has 0 spiro atoms. The lowest BCUT2D eigenvalue weighted by molar-refractivity contribution is 0.101. The van der Waals surface area contributed by atoms with Crippen molar-refractivity contribution in [3.05, 3.63) is 71.9 Å². The molecule has 4 rings (SSSR count). The smallest absolute Gasteiger partial charge is 0.277 e. The maximum absolute atomic E-state index is 12.2. The van der Waals surface area contributed by atoms with Crippen LogP contribution < -0.4 is 10.6 Å². The van der Waals surface area contributed by atoms with Crippen LogP contribution in [0.2, 0.25) is 0 Å². The molecule has 130 valence electrons. The number of carbonyl (C=O) groups excluding carboxylic acids is 2. The van der Waals surface area contributed by atoms with Crippen LogP contribution in [0.3, 0.4) is 0 Å². The summed E-state index contributed by atoms with van der Waals surface area (Å²) in [6.45, 7) is 0. The van der Waals surface area contributed by atoms with E-state index in [0.717, 1.165) is 18.6 Å². The zero-order valence-corrected chi connectivity index (χ0v) is 13.8. The van der Waals surface area contributed by atoms with E-state index in [1.807, 2.05) is 0 Å². The van der Waals surface area contributed by atoms with Crippen LogP contribution in [0.25, 0.3) is 0 Å². The molecule has 2 N–H and O–H groups in total. The number of carbonyl (C=O) groups is 2. The second kappa shape index (κ2) is 6.79. The highest BCUT2D eigenvalue weighted by Crippen LogP contribution is 2.40. The van der Waals surface area contributed by atoms with Crippen molar-refractivity contribution < 1.29 is 14.1 Å². The first-order valence-electron chi connectivity index (χ1n) is 8.28. The van der Waals surface area contributed by atoms with Gasteiger partial charge in [0, 0.05) is 29.4 Å². The molecular weight excluding hydrogens is 332 g/mol.